The third-order valence-electron chi connectivity index (χ3n) is 4.01. The van der Waals surface area contributed by atoms with Crippen molar-refractivity contribution in [2.45, 2.75) is 31.7 Å². The molecule has 2 aliphatic carbocycles. The minimum Gasteiger partial charge on any atom is -0.367 e. The van der Waals surface area contributed by atoms with Gasteiger partial charge in [0, 0.05) is 18.8 Å². The molecule has 0 saturated heterocycles. The fourth-order valence-corrected chi connectivity index (χ4v) is 2.58. The van der Waals surface area contributed by atoms with Gasteiger partial charge in [-0.05, 0) is 49.7 Å². The fourth-order valence-electron chi connectivity index (χ4n) is 2.58. The zero-order chi connectivity index (χ0) is 13.9. The Morgan fingerprint density at radius 2 is 2.05 bits per heavy atom. The summed E-state index contributed by atoms with van der Waals surface area (Å²) in [7, 11) is 0. The van der Waals surface area contributed by atoms with Crippen LogP contribution in [0.15, 0.2) is 31.0 Å². The Bertz CT molecular complexity index is 477. The van der Waals surface area contributed by atoms with Crippen molar-refractivity contribution in [3.8, 4) is 0 Å². The molecule has 1 aromatic rings. The van der Waals surface area contributed by atoms with Gasteiger partial charge in [-0.15, -0.1) is 6.58 Å². The number of rotatable bonds is 7. The lowest BCUT2D eigenvalue weighted by Gasteiger charge is -2.18. The summed E-state index contributed by atoms with van der Waals surface area (Å²) in [4.78, 5) is 16.1. The molecule has 0 aromatic carbocycles. The van der Waals surface area contributed by atoms with Gasteiger partial charge in [-0.25, -0.2) is 4.98 Å². The van der Waals surface area contributed by atoms with E-state index in [1.54, 1.807) is 12.3 Å². The second kappa shape index (κ2) is 5.65. The number of nitrogens with zero attached hydrogens (tertiary/aromatic N) is 1. The maximum absolute atomic E-state index is 11.8. The molecule has 3 rings (SSSR count). The highest BCUT2D eigenvalue weighted by atomic mass is 16.1. The molecule has 1 amide bonds. The molecule has 0 atom stereocenters. The molecular weight excluding hydrogens is 250 g/mol. The normalized spacial score (nSPS) is 17.9. The molecule has 0 radical (unpaired) electrons. The van der Waals surface area contributed by atoms with E-state index in [-0.39, 0.29) is 5.91 Å². The third kappa shape index (κ3) is 3.18. The molecule has 4 nitrogen and oxygen atoms in total. The Morgan fingerprint density at radius 1 is 1.35 bits per heavy atom. The van der Waals surface area contributed by atoms with E-state index >= 15 is 0 Å². The zero-order valence-electron chi connectivity index (χ0n) is 11.6. The van der Waals surface area contributed by atoms with E-state index in [4.69, 9.17) is 0 Å². The molecule has 106 valence electrons. The minimum absolute atomic E-state index is 0.107. The van der Waals surface area contributed by atoms with Gasteiger partial charge in [-0.2, -0.15) is 0 Å². The van der Waals surface area contributed by atoms with Crippen molar-refractivity contribution < 1.29 is 4.79 Å². The highest BCUT2D eigenvalue weighted by Gasteiger charge is 2.41. The van der Waals surface area contributed by atoms with E-state index < -0.39 is 0 Å². The van der Waals surface area contributed by atoms with E-state index in [9.17, 15) is 4.79 Å². The van der Waals surface area contributed by atoms with E-state index in [2.05, 4.69) is 22.2 Å². The Kier molecular flexibility index (Phi) is 3.72. The lowest BCUT2D eigenvalue weighted by Crippen LogP contribution is -2.25. The average molecular weight is 271 g/mol. The van der Waals surface area contributed by atoms with Crippen LogP contribution in [-0.4, -0.2) is 23.5 Å². The average Bonchev–Trinajstić information content (AvgIpc) is 3.36. The van der Waals surface area contributed by atoms with Crippen molar-refractivity contribution in [2.24, 2.45) is 11.8 Å². The molecular formula is C16H21N3O. The number of anilines is 1. The molecule has 1 heterocycles. The summed E-state index contributed by atoms with van der Waals surface area (Å²) in [5.74, 6) is 2.44. The number of aromatic nitrogens is 1. The zero-order valence-corrected chi connectivity index (χ0v) is 11.6. The largest absolute Gasteiger partial charge is 0.367 e. The van der Waals surface area contributed by atoms with Gasteiger partial charge in [-0.1, -0.05) is 6.08 Å². The predicted octanol–water partition coefficient (Wildman–Crippen LogP) is 2.60. The summed E-state index contributed by atoms with van der Waals surface area (Å²) in [6, 6.07) is 4.31. The number of hydrogen-bond donors (Lipinski definition) is 2. The molecule has 2 saturated carbocycles. The highest BCUT2D eigenvalue weighted by Crippen LogP contribution is 2.45. The van der Waals surface area contributed by atoms with Gasteiger partial charge in [0.05, 0.1) is 5.56 Å². The van der Waals surface area contributed by atoms with Gasteiger partial charge >= 0.3 is 0 Å². The van der Waals surface area contributed by atoms with Gasteiger partial charge in [0.15, 0.2) is 0 Å². The molecule has 4 heteroatoms. The minimum atomic E-state index is -0.107. The Labute approximate surface area is 119 Å². The van der Waals surface area contributed by atoms with Gasteiger partial charge in [0.25, 0.3) is 5.91 Å². The number of carbonyl (C=O) groups is 1. The second-order valence-electron chi connectivity index (χ2n) is 5.78. The Balaban J connectivity index is 1.60. The summed E-state index contributed by atoms with van der Waals surface area (Å²) < 4.78 is 0. The first-order valence-corrected chi connectivity index (χ1v) is 7.39. The molecule has 0 unspecified atom stereocenters. The molecule has 0 bridgehead atoms. The van der Waals surface area contributed by atoms with Crippen LogP contribution < -0.4 is 10.6 Å². The van der Waals surface area contributed by atoms with Crippen molar-refractivity contribution in [3.05, 3.63) is 36.5 Å². The smallest absolute Gasteiger partial charge is 0.253 e. The van der Waals surface area contributed by atoms with Crippen LogP contribution >= 0.6 is 0 Å². The van der Waals surface area contributed by atoms with Crippen molar-refractivity contribution in [2.75, 3.05) is 11.9 Å². The van der Waals surface area contributed by atoms with Gasteiger partial charge < -0.3 is 10.6 Å². The first-order chi connectivity index (χ1) is 9.78. The summed E-state index contributed by atoms with van der Waals surface area (Å²) in [5, 5.41) is 6.30. The van der Waals surface area contributed by atoms with Crippen molar-refractivity contribution in [1.82, 2.24) is 10.3 Å². The van der Waals surface area contributed by atoms with E-state index in [1.165, 1.54) is 25.7 Å². The summed E-state index contributed by atoms with van der Waals surface area (Å²) >= 11 is 0. The lowest BCUT2D eigenvalue weighted by atomic mass is 10.1. The number of carbonyl (C=O) groups excluding carboxylic acids is 1. The Hall–Kier alpha value is -1.84. The lowest BCUT2D eigenvalue weighted by molar-refractivity contribution is 0.0957. The molecule has 2 aliphatic rings. The van der Waals surface area contributed by atoms with Crippen LogP contribution in [0.3, 0.4) is 0 Å². The number of amides is 1. The quantitative estimate of drug-likeness (QED) is 0.749. The Morgan fingerprint density at radius 3 is 2.55 bits per heavy atom. The summed E-state index contributed by atoms with van der Waals surface area (Å²) in [6.45, 7) is 4.05. The molecule has 2 fully saturated rings. The maximum Gasteiger partial charge on any atom is 0.253 e. The predicted molar refractivity (Wildman–Crippen MR) is 79.6 cm³/mol. The number of hydrogen-bond acceptors (Lipinski definition) is 3. The van der Waals surface area contributed by atoms with Gasteiger partial charge in [-0.3, -0.25) is 4.79 Å². The maximum atomic E-state index is 11.8. The van der Waals surface area contributed by atoms with Gasteiger partial charge in [0.2, 0.25) is 0 Å². The van der Waals surface area contributed by atoms with E-state index in [0.29, 0.717) is 18.2 Å². The van der Waals surface area contributed by atoms with Crippen LogP contribution in [-0.2, 0) is 0 Å². The van der Waals surface area contributed by atoms with Crippen LogP contribution in [0.5, 0.6) is 0 Å². The van der Waals surface area contributed by atoms with Crippen LogP contribution in [0.1, 0.15) is 36.0 Å². The van der Waals surface area contributed by atoms with Crippen molar-refractivity contribution >= 4 is 11.7 Å². The summed E-state index contributed by atoms with van der Waals surface area (Å²) in [6.07, 6.45) is 8.67. The summed E-state index contributed by atoms with van der Waals surface area (Å²) in [5.41, 5.74) is 0.590. The van der Waals surface area contributed by atoms with Crippen LogP contribution in [0.25, 0.3) is 0 Å². The molecule has 20 heavy (non-hydrogen) atoms. The van der Waals surface area contributed by atoms with Crippen molar-refractivity contribution in [3.63, 3.8) is 0 Å². The fraction of sp³-hybridized carbons (Fsp3) is 0.500. The van der Waals surface area contributed by atoms with Gasteiger partial charge in [0.1, 0.15) is 5.82 Å². The van der Waals surface area contributed by atoms with E-state index in [1.807, 2.05) is 12.1 Å². The van der Waals surface area contributed by atoms with Crippen LogP contribution in [0.2, 0.25) is 0 Å². The van der Waals surface area contributed by atoms with Crippen molar-refractivity contribution in [1.29, 1.82) is 0 Å². The monoisotopic (exact) mass is 271 g/mol. The SMILES string of the molecule is C=CCNC(=O)c1ccc(NC(C2CC2)C2CC2)nc1. The topological polar surface area (TPSA) is 54.0 Å². The second-order valence-corrected chi connectivity index (χ2v) is 5.78. The highest BCUT2D eigenvalue weighted by molar-refractivity contribution is 5.94. The number of nitrogens with one attached hydrogen (secondary N) is 2. The molecule has 2 N–H and O–H groups in total. The first kappa shape index (κ1) is 13.2. The molecule has 0 spiro atoms. The molecule has 0 aliphatic heterocycles. The first-order valence-electron chi connectivity index (χ1n) is 7.39. The van der Waals surface area contributed by atoms with Crippen LogP contribution in [0, 0.1) is 11.8 Å². The molecule has 1 aromatic heterocycles. The van der Waals surface area contributed by atoms with Crippen LogP contribution in [0.4, 0.5) is 5.82 Å². The van der Waals surface area contributed by atoms with E-state index in [0.717, 1.165) is 17.7 Å². The standard InChI is InChI=1S/C16H21N3O/c1-2-9-17-16(20)13-7-8-14(18-10-13)19-15(11-3-4-11)12-5-6-12/h2,7-8,10-12,15H,1,3-6,9H2,(H,17,20)(H,18,19). The third-order valence-corrected chi connectivity index (χ3v) is 4.01. The number of pyridine rings is 1.